The number of carboxylic acid groups (broad SMARTS) is 1. The van der Waals surface area contributed by atoms with E-state index in [1.54, 1.807) is 35.0 Å². The average Bonchev–Trinajstić information content (AvgIpc) is 2.95. The van der Waals surface area contributed by atoms with E-state index in [1.807, 2.05) is 32.0 Å². The summed E-state index contributed by atoms with van der Waals surface area (Å²) in [5.74, 6) is -0.120. The zero-order valence-electron chi connectivity index (χ0n) is 28.2. The van der Waals surface area contributed by atoms with Crippen LogP contribution in [-0.4, -0.2) is 85.7 Å². The van der Waals surface area contributed by atoms with Crippen molar-refractivity contribution in [2.45, 2.75) is 86.3 Å². The molecule has 1 aromatic carbocycles. The van der Waals surface area contributed by atoms with Gasteiger partial charge in [0.2, 0.25) is 11.8 Å². The second-order valence-corrected chi connectivity index (χ2v) is 12.9. The van der Waals surface area contributed by atoms with Crippen molar-refractivity contribution in [3.05, 3.63) is 23.8 Å². The molecular weight excluding hydrogens is 566 g/mol. The molecule has 0 bridgehead atoms. The number of ether oxygens (including phenoxy) is 3. The SMILES string of the molecule is CCN(C(=O)O)C(CC(Cc1ccc(OC)c(OCCCOC)c1)C(C)C)C(O)CC(C(=O)NCC(C)(C)C(N)=O)C(C)C. The Morgan fingerprint density at radius 1 is 1.02 bits per heavy atom. The van der Waals surface area contributed by atoms with Crippen LogP contribution in [0.2, 0.25) is 0 Å². The summed E-state index contributed by atoms with van der Waals surface area (Å²) in [6.07, 6.45) is -0.377. The molecular formula is C33H57N3O8. The predicted molar refractivity (Wildman–Crippen MR) is 171 cm³/mol. The van der Waals surface area contributed by atoms with Gasteiger partial charge in [-0.15, -0.1) is 0 Å². The molecule has 0 heterocycles. The van der Waals surface area contributed by atoms with Crippen LogP contribution in [0.3, 0.4) is 0 Å². The summed E-state index contributed by atoms with van der Waals surface area (Å²) in [6.45, 7) is 14.3. The number of rotatable bonds is 21. The van der Waals surface area contributed by atoms with Crippen molar-refractivity contribution in [2.24, 2.45) is 34.8 Å². The molecule has 0 aliphatic heterocycles. The van der Waals surface area contributed by atoms with E-state index >= 15 is 0 Å². The van der Waals surface area contributed by atoms with Gasteiger partial charge in [-0.3, -0.25) is 9.59 Å². The summed E-state index contributed by atoms with van der Waals surface area (Å²) in [4.78, 5) is 38.6. The van der Waals surface area contributed by atoms with E-state index in [4.69, 9.17) is 19.9 Å². The molecule has 1 aromatic rings. The Labute approximate surface area is 263 Å². The van der Waals surface area contributed by atoms with Crippen LogP contribution in [0.1, 0.15) is 73.3 Å². The highest BCUT2D eigenvalue weighted by Crippen LogP contribution is 2.33. The summed E-state index contributed by atoms with van der Waals surface area (Å²) >= 11 is 0. The number of carbonyl (C=O) groups is 3. The third-order valence-electron chi connectivity index (χ3n) is 8.40. The van der Waals surface area contributed by atoms with Crippen molar-refractivity contribution in [3.63, 3.8) is 0 Å². The molecule has 0 saturated heterocycles. The molecule has 0 spiro atoms. The molecule has 0 saturated carbocycles. The van der Waals surface area contributed by atoms with Gasteiger partial charge in [0.15, 0.2) is 11.5 Å². The molecule has 0 aromatic heterocycles. The second kappa shape index (κ2) is 18.7. The number of likely N-dealkylation sites (N-methyl/N-ethyl adjacent to an activating group) is 1. The maximum absolute atomic E-state index is 13.2. The number of primary amides is 1. The lowest BCUT2D eigenvalue weighted by atomic mass is 9.80. The minimum absolute atomic E-state index is 0.0143. The first-order chi connectivity index (χ1) is 20.6. The first-order valence-corrected chi connectivity index (χ1v) is 15.6. The molecule has 1 rings (SSSR count). The number of nitrogens with two attached hydrogens (primary N) is 1. The Bertz CT molecular complexity index is 1050. The van der Waals surface area contributed by atoms with E-state index in [1.165, 1.54) is 4.90 Å². The second-order valence-electron chi connectivity index (χ2n) is 12.9. The van der Waals surface area contributed by atoms with Crippen molar-refractivity contribution in [3.8, 4) is 11.5 Å². The van der Waals surface area contributed by atoms with E-state index in [2.05, 4.69) is 19.2 Å². The number of aliphatic hydroxyl groups excluding tert-OH is 1. The topological polar surface area (TPSA) is 161 Å². The van der Waals surface area contributed by atoms with Crippen molar-refractivity contribution in [2.75, 3.05) is 40.5 Å². The van der Waals surface area contributed by atoms with E-state index in [0.717, 1.165) is 12.0 Å². The number of aliphatic hydroxyl groups is 1. The largest absolute Gasteiger partial charge is 0.493 e. The fourth-order valence-electron chi connectivity index (χ4n) is 5.18. The van der Waals surface area contributed by atoms with Gasteiger partial charge in [-0.05, 0) is 75.5 Å². The zero-order valence-corrected chi connectivity index (χ0v) is 28.2. The number of benzene rings is 1. The van der Waals surface area contributed by atoms with Crippen LogP contribution in [0.15, 0.2) is 18.2 Å². The minimum Gasteiger partial charge on any atom is -0.493 e. The number of nitrogens with zero attached hydrogens (tertiary/aromatic N) is 1. The quantitative estimate of drug-likeness (QED) is 0.147. The summed E-state index contributed by atoms with van der Waals surface area (Å²) < 4.78 is 16.6. The van der Waals surface area contributed by atoms with Crippen LogP contribution < -0.4 is 20.5 Å². The van der Waals surface area contributed by atoms with E-state index in [0.29, 0.717) is 37.6 Å². The molecule has 11 heteroatoms. The molecule has 5 N–H and O–H groups in total. The lowest BCUT2D eigenvalue weighted by Gasteiger charge is -2.37. The van der Waals surface area contributed by atoms with Crippen LogP contribution in [0.5, 0.6) is 11.5 Å². The molecule has 0 radical (unpaired) electrons. The first kappa shape index (κ1) is 39.0. The van der Waals surface area contributed by atoms with Crippen LogP contribution in [0.25, 0.3) is 0 Å². The van der Waals surface area contributed by atoms with Gasteiger partial charge >= 0.3 is 6.09 Å². The Morgan fingerprint density at radius 2 is 1.68 bits per heavy atom. The van der Waals surface area contributed by atoms with E-state index in [9.17, 15) is 24.6 Å². The predicted octanol–water partition coefficient (Wildman–Crippen LogP) is 4.33. The smallest absolute Gasteiger partial charge is 0.407 e. The van der Waals surface area contributed by atoms with Crippen LogP contribution in [0, 0.1) is 29.1 Å². The van der Waals surface area contributed by atoms with Gasteiger partial charge < -0.3 is 40.4 Å². The number of hydrogen-bond acceptors (Lipinski definition) is 7. The minimum atomic E-state index is -1.12. The third kappa shape index (κ3) is 12.1. The summed E-state index contributed by atoms with van der Waals surface area (Å²) in [7, 11) is 3.24. The highest BCUT2D eigenvalue weighted by molar-refractivity contribution is 5.83. The normalized spacial score (nSPS) is 14.5. The fraction of sp³-hybridized carbons (Fsp3) is 0.727. The van der Waals surface area contributed by atoms with Crippen LogP contribution >= 0.6 is 0 Å². The Morgan fingerprint density at radius 3 is 2.18 bits per heavy atom. The summed E-state index contributed by atoms with van der Waals surface area (Å²) in [5, 5.41) is 24.5. The average molecular weight is 624 g/mol. The van der Waals surface area contributed by atoms with E-state index < -0.39 is 35.5 Å². The van der Waals surface area contributed by atoms with Gasteiger partial charge in [-0.2, -0.15) is 0 Å². The van der Waals surface area contributed by atoms with Crippen LogP contribution in [-0.2, 0) is 20.7 Å². The number of hydrogen-bond donors (Lipinski definition) is 4. The molecule has 44 heavy (non-hydrogen) atoms. The van der Waals surface area contributed by atoms with Crippen molar-refractivity contribution < 1.29 is 38.8 Å². The Kier molecular flexibility index (Phi) is 16.6. The van der Waals surface area contributed by atoms with Gasteiger partial charge in [0.25, 0.3) is 0 Å². The van der Waals surface area contributed by atoms with E-state index in [-0.39, 0.29) is 43.2 Å². The number of amides is 3. The van der Waals surface area contributed by atoms with Gasteiger partial charge in [-0.1, -0.05) is 33.8 Å². The molecule has 0 aliphatic carbocycles. The lowest BCUT2D eigenvalue weighted by molar-refractivity contribution is -0.130. The molecule has 0 fully saturated rings. The van der Waals surface area contributed by atoms with Gasteiger partial charge in [0.1, 0.15) is 0 Å². The van der Waals surface area contributed by atoms with Gasteiger partial charge in [0, 0.05) is 39.1 Å². The van der Waals surface area contributed by atoms with Gasteiger partial charge in [0.05, 0.1) is 31.3 Å². The van der Waals surface area contributed by atoms with Crippen LogP contribution in [0.4, 0.5) is 4.79 Å². The Hall–Kier alpha value is -3.05. The lowest BCUT2D eigenvalue weighted by Crippen LogP contribution is -2.50. The standard InChI is InChI=1S/C33H57N3O8/c1-10-36(32(40)41)26(27(37)19-25(22(4)5)30(38)35-20-33(6,7)31(34)39)18-24(21(2)3)16-23-12-13-28(43-9)29(17-23)44-15-11-14-42-8/h12-13,17,21-22,24-27,37H,10-11,14-16,18-20H2,1-9H3,(H2,34,39)(H,35,38)(H,40,41). The fourth-order valence-corrected chi connectivity index (χ4v) is 5.18. The molecule has 252 valence electrons. The Balaban J connectivity index is 3.25. The first-order valence-electron chi connectivity index (χ1n) is 15.6. The number of methoxy groups -OCH3 is 2. The zero-order chi connectivity index (χ0) is 33.6. The molecule has 4 unspecified atom stereocenters. The third-order valence-corrected chi connectivity index (χ3v) is 8.40. The maximum atomic E-state index is 13.2. The molecule has 3 amide bonds. The maximum Gasteiger partial charge on any atom is 0.407 e. The highest BCUT2D eigenvalue weighted by Gasteiger charge is 2.36. The van der Waals surface area contributed by atoms with Crippen molar-refractivity contribution in [1.29, 1.82) is 0 Å². The van der Waals surface area contributed by atoms with Crippen molar-refractivity contribution >= 4 is 17.9 Å². The molecule has 4 atom stereocenters. The molecule has 0 aliphatic rings. The number of carbonyl (C=O) groups excluding carboxylic acids is 2. The molecule has 11 nitrogen and oxygen atoms in total. The highest BCUT2D eigenvalue weighted by atomic mass is 16.5. The summed E-state index contributed by atoms with van der Waals surface area (Å²) in [5.41, 5.74) is 5.54. The number of nitrogens with one attached hydrogen (secondary N) is 1. The van der Waals surface area contributed by atoms with Crippen molar-refractivity contribution in [1.82, 2.24) is 10.2 Å². The van der Waals surface area contributed by atoms with Gasteiger partial charge in [-0.25, -0.2) is 4.79 Å². The monoisotopic (exact) mass is 623 g/mol. The summed E-state index contributed by atoms with van der Waals surface area (Å²) in [6, 6.07) is 5.06.